The highest BCUT2D eigenvalue weighted by Gasteiger charge is 2.00. The van der Waals surface area contributed by atoms with Crippen molar-refractivity contribution in [3.8, 4) is 11.5 Å². The lowest BCUT2D eigenvalue weighted by molar-refractivity contribution is 0.306. The molecule has 0 aliphatic rings. The van der Waals surface area contributed by atoms with Crippen molar-refractivity contribution < 1.29 is 9.47 Å². The van der Waals surface area contributed by atoms with E-state index in [1.54, 1.807) is 13.2 Å². The molecule has 0 saturated heterocycles. The summed E-state index contributed by atoms with van der Waals surface area (Å²) in [7, 11) is 1.66. The van der Waals surface area contributed by atoms with Crippen molar-refractivity contribution in [2.24, 2.45) is 0 Å². The molecule has 0 radical (unpaired) electrons. The number of benzene rings is 2. The van der Waals surface area contributed by atoms with Gasteiger partial charge < -0.3 is 9.47 Å². The number of hydrogen-bond acceptors (Lipinski definition) is 2. The van der Waals surface area contributed by atoms with E-state index in [1.807, 2.05) is 42.5 Å². The second-order valence-electron chi connectivity index (χ2n) is 4.02. The van der Waals surface area contributed by atoms with E-state index in [9.17, 15) is 0 Å². The minimum absolute atomic E-state index is 0.530. The van der Waals surface area contributed by atoms with Crippen molar-refractivity contribution in [3.63, 3.8) is 0 Å². The maximum atomic E-state index is 5.75. The molecule has 2 aromatic rings. The largest absolute Gasteiger partial charge is 0.497 e. The summed E-state index contributed by atoms with van der Waals surface area (Å²) < 4.78 is 11.9. The fourth-order valence-corrected chi connectivity index (χ4v) is 2.06. The lowest BCUT2D eigenvalue weighted by Crippen LogP contribution is -1.95. The van der Waals surface area contributed by atoms with Gasteiger partial charge in [-0.05, 0) is 41.5 Å². The van der Waals surface area contributed by atoms with Crippen molar-refractivity contribution in [2.75, 3.05) is 7.11 Å². The molecule has 3 heteroatoms. The molecule has 0 heterocycles. The minimum Gasteiger partial charge on any atom is -0.497 e. The van der Waals surface area contributed by atoms with Crippen LogP contribution < -0.4 is 9.47 Å². The van der Waals surface area contributed by atoms with E-state index < -0.39 is 0 Å². The van der Waals surface area contributed by atoms with Gasteiger partial charge in [-0.1, -0.05) is 40.7 Å². The van der Waals surface area contributed by atoms with Gasteiger partial charge in [-0.25, -0.2) is 0 Å². The van der Waals surface area contributed by atoms with Crippen LogP contribution in [0.3, 0.4) is 0 Å². The van der Waals surface area contributed by atoms with Crippen molar-refractivity contribution in [2.45, 2.75) is 6.61 Å². The summed E-state index contributed by atoms with van der Waals surface area (Å²) in [4.78, 5) is 0. The van der Waals surface area contributed by atoms with Gasteiger partial charge in [-0.15, -0.1) is 0 Å². The Morgan fingerprint density at radius 3 is 2.42 bits per heavy atom. The second-order valence-corrected chi connectivity index (χ2v) is 4.88. The Morgan fingerprint density at radius 2 is 1.79 bits per heavy atom. The van der Waals surface area contributed by atoms with Crippen LogP contribution in [0.5, 0.6) is 11.5 Å². The zero-order chi connectivity index (χ0) is 13.7. The third-order valence-electron chi connectivity index (χ3n) is 2.75. The van der Waals surface area contributed by atoms with E-state index in [0.29, 0.717) is 6.61 Å². The topological polar surface area (TPSA) is 18.5 Å². The third kappa shape index (κ3) is 3.61. The number of hydrogen-bond donors (Lipinski definition) is 0. The predicted molar refractivity (Wildman–Crippen MR) is 81.6 cm³/mol. The molecule has 0 aliphatic heterocycles. The zero-order valence-corrected chi connectivity index (χ0v) is 12.3. The normalized spacial score (nSPS) is 10.0. The van der Waals surface area contributed by atoms with Gasteiger partial charge >= 0.3 is 0 Å². The Bertz CT molecular complexity index is 561. The molecule has 0 saturated carbocycles. The van der Waals surface area contributed by atoms with Gasteiger partial charge in [-0.2, -0.15) is 0 Å². The van der Waals surface area contributed by atoms with Gasteiger partial charge in [0.25, 0.3) is 0 Å². The Labute approximate surface area is 121 Å². The molecule has 0 spiro atoms. The quantitative estimate of drug-likeness (QED) is 0.797. The van der Waals surface area contributed by atoms with E-state index >= 15 is 0 Å². The Hall–Kier alpha value is -1.74. The summed E-state index contributed by atoms with van der Waals surface area (Å²) in [6.45, 7) is 4.30. The molecular formula is C16H15BrO2. The first-order valence-electron chi connectivity index (χ1n) is 5.90. The van der Waals surface area contributed by atoms with Crippen LogP contribution in [0.15, 0.2) is 53.5 Å². The summed E-state index contributed by atoms with van der Waals surface area (Å²) in [5.41, 5.74) is 2.12. The van der Waals surface area contributed by atoms with E-state index in [4.69, 9.17) is 9.47 Å². The monoisotopic (exact) mass is 318 g/mol. The minimum atomic E-state index is 0.530. The molecule has 2 aromatic carbocycles. The molecule has 2 rings (SSSR count). The van der Waals surface area contributed by atoms with Crippen molar-refractivity contribution in [1.82, 2.24) is 0 Å². The second kappa shape index (κ2) is 6.43. The maximum Gasteiger partial charge on any atom is 0.120 e. The Balaban J connectivity index is 2.03. The van der Waals surface area contributed by atoms with E-state index in [1.165, 1.54) is 0 Å². The number of halogens is 1. The zero-order valence-electron chi connectivity index (χ0n) is 10.7. The molecule has 0 N–H and O–H groups in total. The average molecular weight is 319 g/mol. The first-order valence-corrected chi connectivity index (χ1v) is 6.70. The van der Waals surface area contributed by atoms with Crippen LogP contribution >= 0.6 is 15.9 Å². The fraction of sp³-hybridized carbons (Fsp3) is 0.125. The van der Waals surface area contributed by atoms with E-state index in [-0.39, 0.29) is 0 Å². The van der Waals surface area contributed by atoms with Crippen LogP contribution in [-0.2, 0) is 6.61 Å². The molecule has 98 valence electrons. The summed E-state index contributed by atoms with van der Waals surface area (Å²) in [6.07, 6.45) is 1.80. The summed E-state index contributed by atoms with van der Waals surface area (Å²) in [5, 5.41) is 0. The SMILES string of the molecule is C=Cc1cc(OCc2ccc(OC)cc2)ccc1Br. The number of rotatable bonds is 5. The van der Waals surface area contributed by atoms with Crippen molar-refractivity contribution in [1.29, 1.82) is 0 Å². The van der Waals surface area contributed by atoms with Gasteiger partial charge in [0, 0.05) is 4.47 Å². The van der Waals surface area contributed by atoms with Gasteiger partial charge in [-0.3, -0.25) is 0 Å². The summed E-state index contributed by atoms with van der Waals surface area (Å²) >= 11 is 3.46. The molecule has 0 amide bonds. The Kier molecular flexibility index (Phi) is 4.63. The lowest BCUT2D eigenvalue weighted by Gasteiger charge is -2.08. The molecule has 19 heavy (non-hydrogen) atoms. The van der Waals surface area contributed by atoms with E-state index in [2.05, 4.69) is 22.5 Å². The number of methoxy groups -OCH3 is 1. The van der Waals surface area contributed by atoms with Crippen LogP contribution in [0.1, 0.15) is 11.1 Å². The van der Waals surface area contributed by atoms with Crippen LogP contribution in [0, 0.1) is 0 Å². The highest BCUT2D eigenvalue weighted by atomic mass is 79.9. The first-order chi connectivity index (χ1) is 9.22. The van der Waals surface area contributed by atoms with Crippen molar-refractivity contribution in [3.05, 3.63) is 64.6 Å². The van der Waals surface area contributed by atoms with E-state index in [0.717, 1.165) is 27.1 Å². The summed E-state index contributed by atoms with van der Waals surface area (Å²) in [6, 6.07) is 13.7. The smallest absolute Gasteiger partial charge is 0.120 e. The van der Waals surface area contributed by atoms with Gasteiger partial charge in [0.05, 0.1) is 7.11 Å². The Morgan fingerprint density at radius 1 is 1.11 bits per heavy atom. The molecule has 2 nitrogen and oxygen atoms in total. The van der Waals surface area contributed by atoms with Crippen molar-refractivity contribution >= 4 is 22.0 Å². The van der Waals surface area contributed by atoms with Gasteiger partial charge in [0.2, 0.25) is 0 Å². The van der Waals surface area contributed by atoms with Crippen LogP contribution in [0.4, 0.5) is 0 Å². The number of ether oxygens (including phenoxy) is 2. The highest BCUT2D eigenvalue weighted by molar-refractivity contribution is 9.10. The third-order valence-corrected chi connectivity index (χ3v) is 3.47. The predicted octanol–water partition coefficient (Wildman–Crippen LogP) is 4.68. The standard InChI is InChI=1S/C16H15BrO2/c1-3-13-10-15(8-9-16(13)17)19-11-12-4-6-14(18-2)7-5-12/h3-10H,1,11H2,2H3. The fourth-order valence-electron chi connectivity index (χ4n) is 1.66. The summed E-state index contributed by atoms with van der Waals surface area (Å²) in [5.74, 6) is 1.68. The highest BCUT2D eigenvalue weighted by Crippen LogP contribution is 2.24. The molecule has 0 atom stereocenters. The lowest BCUT2D eigenvalue weighted by atomic mass is 10.2. The molecule has 0 aliphatic carbocycles. The van der Waals surface area contributed by atoms with Gasteiger partial charge in [0.1, 0.15) is 18.1 Å². The maximum absolute atomic E-state index is 5.75. The van der Waals surface area contributed by atoms with Crippen LogP contribution in [-0.4, -0.2) is 7.11 Å². The molecule has 0 fully saturated rings. The molecular weight excluding hydrogens is 304 g/mol. The van der Waals surface area contributed by atoms with Crippen LogP contribution in [0.25, 0.3) is 6.08 Å². The molecule has 0 bridgehead atoms. The average Bonchev–Trinajstić information content (AvgIpc) is 2.47. The molecule has 0 aromatic heterocycles. The molecule has 0 unspecified atom stereocenters. The van der Waals surface area contributed by atoms with Crippen LogP contribution in [0.2, 0.25) is 0 Å². The first kappa shape index (κ1) is 13.7. The van der Waals surface area contributed by atoms with Gasteiger partial charge in [0.15, 0.2) is 0 Å².